The van der Waals surface area contributed by atoms with Crippen molar-refractivity contribution in [3.05, 3.63) is 0 Å². The zero-order valence-electron chi connectivity index (χ0n) is 8.28. The summed E-state index contributed by atoms with van der Waals surface area (Å²) in [5.41, 5.74) is 0. The first-order chi connectivity index (χ1) is 5.16. The molecule has 0 aliphatic heterocycles. The molecular formula is C9H22N2. The maximum absolute atomic E-state index is 3.39. The Morgan fingerprint density at radius 1 is 1.09 bits per heavy atom. The molecule has 0 aromatic rings. The van der Waals surface area contributed by atoms with E-state index in [1.807, 2.05) is 0 Å². The third-order valence-corrected chi connectivity index (χ3v) is 1.68. The van der Waals surface area contributed by atoms with Crippen LogP contribution in [0.4, 0.5) is 0 Å². The Hall–Kier alpha value is -0.0800. The molecule has 0 aromatic carbocycles. The van der Waals surface area contributed by atoms with E-state index in [9.17, 15) is 0 Å². The van der Waals surface area contributed by atoms with Crippen LogP contribution in [0.1, 0.15) is 34.1 Å². The second-order valence-electron chi connectivity index (χ2n) is 3.36. The molecule has 0 bridgehead atoms. The van der Waals surface area contributed by atoms with Gasteiger partial charge in [-0.2, -0.15) is 0 Å². The average molecular weight is 158 g/mol. The first kappa shape index (κ1) is 10.9. The summed E-state index contributed by atoms with van der Waals surface area (Å²) in [7, 11) is 0. The SMILES string of the molecule is CCNC(C)CCNC(C)C. The minimum Gasteiger partial charge on any atom is -0.314 e. The lowest BCUT2D eigenvalue weighted by Crippen LogP contribution is -2.32. The molecule has 0 amide bonds. The maximum Gasteiger partial charge on any atom is 0.00506 e. The minimum absolute atomic E-state index is 0.615. The number of rotatable bonds is 6. The lowest BCUT2D eigenvalue weighted by atomic mass is 10.2. The van der Waals surface area contributed by atoms with E-state index in [4.69, 9.17) is 0 Å². The zero-order chi connectivity index (χ0) is 8.69. The normalized spacial score (nSPS) is 13.9. The minimum atomic E-state index is 0.615. The van der Waals surface area contributed by atoms with E-state index >= 15 is 0 Å². The molecule has 0 rings (SSSR count). The van der Waals surface area contributed by atoms with Gasteiger partial charge in [-0.15, -0.1) is 0 Å². The van der Waals surface area contributed by atoms with Crippen LogP contribution >= 0.6 is 0 Å². The predicted octanol–water partition coefficient (Wildman–Crippen LogP) is 1.37. The van der Waals surface area contributed by atoms with Gasteiger partial charge in [-0.05, 0) is 26.4 Å². The molecule has 0 saturated carbocycles. The van der Waals surface area contributed by atoms with Gasteiger partial charge < -0.3 is 10.6 Å². The molecule has 0 heterocycles. The van der Waals surface area contributed by atoms with Crippen molar-refractivity contribution in [3.8, 4) is 0 Å². The quantitative estimate of drug-likeness (QED) is 0.610. The van der Waals surface area contributed by atoms with Crippen LogP contribution in [0.3, 0.4) is 0 Å². The standard InChI is InChI=1S/C9H22N2/c1-5-10-9(4)6-7-11-8(2)3/h8-11H,5-7H2,1-4H3. The molecule has 1 atom stereocenters. The first-order valence-electron chi connectivity index (χ1n) is 4.63. The Bertz CT molecular complexity index is 81.6. The molecule has 2 heteroatoms. The molecule has 1 unspecified atom stereocenters. The summed E-state index contributed by atoms with van der Waals surface area (Å²) in [6.45, 7) is 10.9. The van der Waals surface area contributed by atoms with Crippen molar-refractivity contribution in [2.24, 2.45) is 0 Å². The fourth-order valence-electron chi connectivity index (χ4n) is 1.04. The summed E-state index contributed by atoms with van der Waals surface area (Å²) in [6.07, 6.45) is 1.21. The van der Waals surface area contributed by atoms with Crippen LogP contribution in [0.2, 0.25) is 0 Å². The fraction of sp³-hybridized carbons (Fsp3) is 1.00. The number of hydrogen-bond acceptors (Lipinski definition) is 2. The molecule has 2 nitrogen and oxygen atoms in total. The van der Waals surface area contributed by atoms with Crippen molar-refractivity contribution in [1.82, 2.24) is 10.6 Å². The van der Waals surface area contributed by atoms with Crippen molar-refractivity contribution in [1.29, 1.82) is 0 Å². The summed E-state index contributed by atoms with van der Waals surface area (Å²) < 4.78 is 0. The van der Waals surface area contributed by atoms with Crippen LogP contribution < -0.4 is 10.6 Å². The van der Waals surface area contributed by atoms with Gasteiger partial charge in [0.05, 0.1) is 0 Å². The first-order valence-corrected chi connectivity index (χ1v) is 4.63. The molecule has 0 spiro atoms. The van der Waals surface area contributed by atoms with Gasteiger partial charge in [0.15, 0.2) is 0 Å². The smallest absolute Gasteiger partial charge is 0.00506 e. The van der Waals surface area contributed by atoms with Crippen LogP contribution in [-0.4, -0.2) is 25.2 Å². The van der Waals surface area contributed by atoms with Crippen LogP contribution in [-0.2, 0) is 0 Å². The zero-order valence-corrected chi connectivity index (χ0v) is 8.28. The maximum atomic E-state index is 3.39. The second-order valence-corrected chi connectivity index (χ2v) is 3.36. The Morgan fingerprint density at radius 3 is 2.18 bits per heavy atom. The lowest BCUT2D eigenvalue weighted by molar-refractivity contribution is 0.484. The highest BCUT2D eigenvalue weighted by molar-refractivity contribution is 4.62. The molecule has 2 N–H and O–H groups in total. The summed E-state index contributed by atoms with van der Waals surface area (Å²) in [4.78, 5) is 0. The summed E-state index contributed by atoms with van der Waals surface area (Å²) >= 11 is 0. The number of hydrogen-bond donors (Lipinski definition) is 2. The summed E-state index contributed by atoms with van der Waals surface area (Å²) in [6, 6.07) is 1.26. The molecule has 0 aromatic heterocycles. The van der Waals surface area contributed by atoms with Crippen molar-refractivity contribution >= 4 is 0 Å². The van der Waals surface area contributed by atoms with Crippen molar-refractivity contribution in [3.63, 3.8) is 0 Å². The van der Waals surface area contributed by atoms with E-state index in [0.29, 0.717) is 12.1 Å². The monoisotopic (exact) mass is 158 g/mol. The third kappa shape index (κ3) is 7.82. The van der Waals surface area contributed by atoms with E-state index < -0.39 is 0 Å². The molecule has 0 aliphatic rings. The van der Waals surface area contributed by atoms with E-state index in [1.165, 1.54) is 6.42 Å². The molecule has 68 valence electrons. The van der Waals surface area contributed by atoms with Crippen LogP contribution in [0.15, 0.2) is 0 Å². The van der Waals surface area contributed by atoms with E-state index in [1.54, 1.807) is 0 Å². The third-order valence-electron chi connectivity index (χ3n) is 1.68. The Labute approximate surface area is 70.8 Å². The van der Waals surface area contributed by atoms with Crippen molar-refractivity contribution < 1.29 is 0 Å². The molecule has 0 fully saturated rings. The lowest BCUT2D eigenvalue weighted by Gasteiger charge is -2.13. The molecule has 0 saturated heterocycles. The molecule has 11 heavy (non-hydrogen) atoms. The van der Waals surface area contributed by atoms with Gasteiger partial charge in [-0.1, -0.05) is 20.8 Å². The largest absolute Gasteiger partial charge is 0.314 e. The van der Waals surface area contributed by atoms with Gasteiger partial charge in [0.25, 0.3) is 0 Å². The van der Waals surface area contributed by atoms with Crippen LogP contribution in [0, 0.1) is 0 Å². The van der Waals surface area contributed by atoms with E-state index in [-0.39, 0.29) is 0 Å². The summed E-state index contributed by atoms with van der Waals surface area (Å²) in [5, 5.41) is 6.77. The molecule has 0 radical (unpaired) electrons. The average Bonchev–Trinajstić information content (AvgIpc) is 1.87. The topological polar surface area (TPSA) is 24.1 Å². The fourth-order valence-corrected chi connectivity index (χ4v) is 1.04. The van der Waals surface area contributed by atoms with Gasteiger partial charge in [-0.25, -0.2) is 0 Å². The van der Waals surface area contributed by atoms with E-state index in [2.05, 4.69) is 38.3 Å². The Kier molecular flexibility index (Phi) is 6.57. The van der Waals surface area contributed by atoms with Crippen molar-refractivity contribution in [2.45, 2.75) is 46.2 Å². The second kappa shape index (κ2) is 6.62. The highest BCUT2D eigenvalue weighted by Crippen LogP contribution is 1.88. The van der Waals surface area contributed by atoms with Gasteiger partial charge in [0.2, 0.25) is 0 Å². The van der Waals surface area contributed by atoms with Crippen molar-refractivity contribution in [2.75, 3.05) is 13.1 Å². The summed E-state index contributed by atoms with van der Waals surface area (Å²) in [5.74, 6) is 0. The van der Waals surface area contributed by atoms with Gasteiger partial charge in [-0.3, -0.25) is 0 Å². The van der Waals surface area contributed by atoms with E-state index in [0.717, 1.165) is 13.1 Å². The highest BCUT2D eigenvalue weighted by Gasteiger charge is 1.98. The Balaban J connectivity index is 3.10. The predicted molar refractivity (Wildman–Crippen MR) is 50.9 cm³/mol. The van der Waals surface area contributed by atoms with Crippen LogP contribution in [0.5, 0.6) is 0 Å². The van der Waals surface area contributed by atoms with Gasteiger partial charge in [0.1, 0.15) is 0 Å². The Morgan fingerprint density at radius 2 is 1.73 bits per heavy atom. The molecule has 0 aliphatic carbocycles. The highest BCUT2D eigenvalue weighted by atomic mass is 14.9. The van der Waals surface area contributed by atoms with Gasteiger partial charge in [0, 0.05) is 12.1 Å². The van der Waals surface area contributed by atoms with Crippen LogP contribution in [0.25, 0.3) is 0 Å². The van der Waals surface area contributed by atoms with Gasteiger partial charge >= 0.3 is 0 Å². The molecular weight excluding hydrogens is 136 g/mol. The number of nitrogens with one attached hydrogen (secondary N) is 2.